The summed E-state index contributed by atoms with van der Waals surface area (Å²) < 4.78 is 1.78. The van der Waals surface area contributed by atoms with Crippen LogP contribution in [0.15, 0.2) is 54.9 Å². The lowest BCUT2D eigenvalue weighted by Crippen LogP contribution is -2.31. The highest BCUT2D eigenvalue weighted by Crippen LogP contribution is 2.30. The molecule has 0 saturated carbocycles. The SMILES string of the molecule is c1ccc2c(c1)CCN(c1nn3cnnc3c3ccccc13)C2. The lowest BCUT2D eigenvalue weighted by molar-refractivity contribution is 0.712. The van der Waals surface area contributed by atoms with Gasteiger partial charge in [0.25, 0.3) is 0 Å². The summed E-state index contributed by atoms with van der Waals surface area (Å²) in [7, 11) is 0. The first-order chi connectivity index (χ1) is 11.4. The van der Waals surface area contributed by atoms with E-state index in [-0.39, 0.29) is 0 Å². The fourth-order valence-corrected chi connectivity index (χ4v) is 3.42. The third-order valence-electron chi connectivity index (χ3n) is 4.57. The Morgan fingerprint density at radius 3 is 2.57 bits per heavy atom. The number of aromatic nitrogens is 4. The molecule has 0 bridgehead atoms. The summed E-state index contributed by atoms with van der Waals surface area (Å²) in [6.45, 7) is 1.86. The van der Waals surface area contributed by atoms with Crippen LogP contribution >= 0.6 is 0 Å². The number of nitrogens with zero attached hydrogens (tertiary/aromatic N) is 5. The summed E-state index contributed by atoms with van der Waals surface area (Å²) in [5.41, 5.74) is 3.63. The molecule has 5 heteroatoms. The number of rotatable bonds is 1. The molecule has 0 fully saturated rings. The van der Waals surface area contributed by atoms with Gasteiger partial charge >= 0.3 is 0 Å². The molecule has 0 radical (unpaired) electrons. The molecule has 23 heavy (non-hydrogen) atoms. The van der Waals surface area contributed by atoms with Crippen molar-refractivity contribution in [2.24, 2.45) is 0 Å². The number of benzene rings is 2. The van der Waals surface area contributed by atoms with Crippen LogP contribution in [-0.2, 0) is 13.0 Å². The second-order valence-electron chi connectivity index (χ2n) is 5.91. The molecule has 5 rings (SSSR count). The molecule has 0 atom stereocenters. The largest absolute Gasteiger partial charge is 0.350 e. The highest BCUT2D eigenvalue weighted by molar-refractivity contribution is 6.00. The molecule has 4 aromatic rings. The number of hydrogen-bond acceptors (Lipinski definition) is 4. The first-order valence-electron chi connectivity index (χ1n) is 7.81. The molecule has 0 saturated heterocycles. The monoisotopic (exact) mass is 301 g/mol. The lowest BCUT2D eigenvalue weighted by Gasteiger charge is -2.30. The Morgan fingerprint density at radius 1 is 0.870 bits per heavy atom. The maximum absolute atomic E-state index is 4.78. The molecule has 1 aliphatic heterocycles. The maximum Gasteiger partial charge on any atom is 0.185 e. The van der Waals surface area contributed by atoms with Crippen molar-refractivity contribution in [3.8, 4) is 0 Å². The molecule has 0 amide bonds. The summed E-state index contributed by atoms with van der Waals surface area (Å²) in [6, 6.07) is 16.9. The third-order valence-corrected chi connectivity index (χ3v) is 4.57. The summed E-state index contributed by atoms with van der Waals surface area (Å²) in [4.78, 5) is 2.35. The van der Waals surface area contributed by atoms with Crippen molar-refractivity contribution in [2.45, 2.75) is 13.0 Å². The van der Waals surface area contributed by atoms with E-state index in [9.17, 15) is 0 Å². The van der Waals surface area contributed by atoms with Crippen molar-refractivity contribution in [3.05, 3.63) is 66.0 Å². The topological polar surface area (TPSA) is 46.3 Å². The van der Waals surface area contributed by atoms with Gasteiger partial charge in [0, 0.05) is 23.9 Å². The van der Waals surface area contributed by atoms with Gasteiger partial charge in [-0.05, 0) is 17.5 Å². The normalized spacial score (nSPS) is 14.3. The van der Waals surface area contributed by atoms with E-state index in [0.717, 1.165) is 41.7 Å². The predicted molar refractivity (Wildman–Crippen MR) is 89.5 cm³/mol. The van der Waals surface area contributed by atoms with Gasteiger partial charge in [-0.2, -0.15) is 4.52 Å². The van der Waals surface area contributed by atoms with Crippen molar-refractivity contribution in [2.75, 3.05) is 11.4 Å². The van der Waals surface area contributed by atoms with E-state index in [4.69, 9.17) is 5.10 Å². The van der Waals surface area contributed by atoms with Crippen LogP contribution in [0.25, 0.3) is 16.4 Å². The van der Waals surface area contributed by atoms with Crippen LogP contribution in [0.4, 0.5) is 5.82 Å². The van der Waals surface area contributed by atoms with Gasteiger partial charge in [-0.15, -0.1) is 15.3 Å². The van der Waals surface area contributed by atoms with E-state index >= 15 is 0 Å². The molecule has 0 spiro atoms. The zero-order valence-electron chi connectivity index (χ0n) is 12.6. The van der Waals surface area contributed by atoms with Crippen LogP contribution in [0.1, 0.15) is 11.1 Å². The van der Waals surface area contributed by atoms with Gasteiger partial charge in [-0.3, -0.25) is 0 Å². The molecule has 0 N–H and O–H groups in total. The fourth-order valence-electron chi connectivity index (χ4n) is 3.42. The van der Waals surface area contributed by atoms with E-state index < -0.39 is 0 Å². The fraction of sp³-hybridized carbons (Fsp3) is 0.167. The number of anilines is 1. The van der Waals surface area contributed by atoms with Crippen molar-refractivity contribution in [1.82, 2.24) is 19.8 Å². The Hall–Kier alpha value is -2.95. The summed E-state index contributed by atoms with van der Waals surface area (Å²) >= 11 is 0. The van der Waals surface area contributed by atoms with Gasteiger partial charge in [0.1, 0.15) is 6.33 Å². The van der Waals surface area contributed by atoms with E-state index in [0.29, 0.717) is 0 Å². The average molecular weight is 301 g/mol. The molecule has 112 valence electrons. The van der Waals surface area contributed by atoms with Crippen LogP contribution in [0.5, 0.6) is 0 Å². The molecule has 0 aliphatic carbocycles. The Morgan fingerprint density at radius 2 is 1.65 bits per heavy atom. The van der Waals surface area contributed by atoms with Gasteiger partial charge in [-0.25, -0.2) is 0 Å². The van der Waals surface area contributed by atoms with Gasteiger partial charge in [0.15, 0.2) is 11.5 Å². The summed E-state index contributed by atoms with van der Waals surface area (Å²) in [6.07, 6.45) is 2.72. The van der Waals surface area contributed by atoms with Gasteiger partial charge in [-0.1, -0.05) is 48.5 Å². The predicted octanol–water partition coefficient (Wildman–Crippen LogP) is 2.84. The molecular formula is C18H15N5. The van der Waals surface area contributed by atoms with Crippen molar-refractivity contribution < 1.29 is 0 Å². The van der Waals surface area contributed by atoms with Crippen LogP contribution in [0.2, 0.25) is 0 Å². The third kappa shape index (κ3) is 1.90. The summed E-state index contributed by atoms with van der Waals surface area (Å²) in [5, 5.41) is 15.2. The second kappa shape index (κ2) is 4.78. The van der Waals surface area contributed by atoms with Crippen LogP contribution in [-0.4, -0.2) is 26.4 Å². The zero-order chi connectivity index (χ0) is 15.2. The summed E-state index contributed by atoms with van der Waals surface area (Å²) in [5.74, 6) is 1.00. The van der Waals surface area contributed by atoms with E-state index in [1.807, 2.05) is 6.07 Å². The standard InChI is InChI=1S/C18H15N5/c1-2-6-14-11-22(10-9-13(14)5-1)18-16-8-4-3-7-15(16)17-20-19-12-23(17)21-18/h1-8,12H,9-11H2. The van der Waals surface area contributed by atoms with Crippen LogP contribution < -0.4 is 4.90 Å². The van der Waals surface area contributed by atoms with Crippen molar-refractivity contribution >= 4 is 22.2 Å². The first kappa shape index (κ1) is 12.6. The molecule has 2 aromatic heterocycles. The lowest BCUT2D eigenvalue weighted by atomic mass is 9.99. The minimum atomic E-state index is 0.807. The first-order valence-corrected chi connectivity index (χ1v) is 7.81. The Labute approximate surface area is 133 Å². The zero-order valence-corrected chi connectivity index (χ0v) is 12.6. The minimum absolute atomic E-state index is 0.807. The highest BCUT2D eigenvalue weighted by atomic mass is 15.4. The van der Waals surface area contributed by atoms with E-state index in [1.165, 1.54) is 11.1 Å². The molecule has 5 nitrogen and oxygen atoms in total. The smallest absolute Gasteiger partial charge is 0.185 e. The average Bonchev–Trinajstić information content (AvgIpc) is 3.09. The molecule has 1 aliphatic rings. The Balaban J connectivity index is 1.70. The quantitative estimate of drug-likeness (QED) is 0.542. The molecule has 2 aromatic carbocycles. The van der Waals surface area contributed by atoms with Crippen molar-refractivity contribution in [1.29, 1.82) is 0 Å². The molecule has 3 heterocycles. The van der Waals surface area contributed by atoms with E-state index in [2.05, 4.69) is 57.6 Å². The number of hydrogen-bond donors (Lipinski definition) is 0. The molecule has 0 unspecified atom stereocenters. The minimum Gasteiger partial charge on any atom is -0.350 e. The van der Waals surface area contributed by atoms with E-state index in [1.54, 1.807) is 10.8 Å². The van der Waals surface area contributed by atoms with Gasteiger partial charge in [0.2, 0.25) is 0 Å². The van der Waals surface area contributed by atoms with Crippen LogP contribution in [0.3, 0.4) is 0 Å². The second-order valence-corrected chi connectivity index (χ2v) is 5.91. The Bertz CT molecular complexity index is 1020. The van der Waals surface area contributed by atoms with Gasteiger partial charge in [0.05, 0.1) is 0 Å². The number of fused-ring (bicyclic) bond motifs is 4. The maximum atomic E-state index is 4.78. The van der Waals surface area contributed by atoms with Crippen LogP contribution in [0, 0.1) is 0 Å². The van der Waals surface area contributed by atoms with Crippen molar-refractivity contribution in [3.63, 3.8) is 0 Å². The molecular weight excluding hydrogens is 286 g/mol. The van der Waals surface area contributed by atoms with Gasteiger partial charge < -0.3 is 4.90 Å². The Kier molecular flexibility index (Phi) is 2.61. The highest BCUT2D eigenvalue weighted by Gasteiger charge is 2.20.